The lowest BCUT2D eigenvalue weighted by Crippen LogP contribution is -2.40. The molecule has 1 aromatic carbocycles. The van der Waals surface area contributed by atoms with Gasteiger partial charge in [-0.2, -0.15) is 13.2 Å². The molecule has 1 atom stereocenters. The number of carbonyl (C=O) groups is 2. The van der Waals surface area contributed by atoms with E-state index in [9.17, 15) is 22.8 Å². The van der Waals surface area contributed by atoms with Gasteiger partial charge >= 0.3 is 18.1 Å². The summed E-state index contributed by atoms with van der Waals surface area (Å²) in [4.78, 5) is 22.7. The number of carboxylic acid groups (broad SMARTS) is 1. The number of amides is 1. The van der Waals surface area contributed by atoms with Crippen molar-refractivity contribution in [3.63, 3.8) is 0 Å². The highest BCUT2D eigenvalue weighted by atomic mass is 19.4. The Balaban J connectivity index is 2.36. The van der Waals surface area contributed by atoms with Crippen LogP contribution in [-0.2, 0) is 16.1 Å². The molecule has 0 fully saturated rings. The first kappa shape index (κ1) is 13.4. The molecule has 0 spiro atoms. The number of carbonyl (C=O) groups excluding carboxylic acids is 1. The highest BCUT2D eigenvalue weighted by Gasteiger charge is 2.47. The first-order valence-electron chi connectivity index (χ1n) is 5.48. The van der Waals surface area contributed by atoms with Crippen molar-refractivity contribution in [2.24, 2.45) is 0 Å². The lowest BCUT2D eigenvalue weighted by atomic mass is 10.0. The third-order valence-corrected chi connectivity index (χ3v) is 3.00. The predicted octanol–water partition coefficient (Wildman–Crippen LogP) is 2.11. The van der Waals surface area contributed by atoms with E-state index in [0.29, 0.717) is 16.0 Å². The third kappa shape index (κ3) is 2.54. The molecule has 1 N–H and O–H groups in total. The molecule has 0 radical (unpaired) electrons. The molecule has 1 heterocycles. The molecule has 1 unspecified atom stereocenters. The van der Waals surface area contributed by atoms with Crippen LogP contribution in [0.15, 0.2) is 24.3 Å². The minimum atomic E-state index is -5.00. The Labute approximate surface area is 106 Å². The fraction of sp³-hybridized carbons (Fsp3) is 0.333. The summed E-state index contributed by atoms with van der Waals surface area (Å²) in [6, 6.07) is 5.32. The van der Waals surface area contributed by atoms with E-state index in [1.165, 1.54) is 0 Å². The smallest absolute Gasteiger partial charge is 0.471 e. The number of benzene rings is 1. The first-order chi connectivity index (χ1) is 8.80. The summed E-state index contributed by atoms with van der Waals surface area (Å²) in [7, 11) is 0. The van der Waals surface area contributed by atoms with E-state index >= 15 is 0 Å². The molecule has 1 amide bonds. The quantitative estimate of drug-likeness (QED) is 0.897. The maximum absolute atomic E-state index is 12.5. The van der Waals surface area contributed by atoms with E-state index in [0.717, 1.165) is 0 Å². The van der Waals surface area contributed by atoms with Gasteiger partial charge < -0.3 is 10.0 Å². The largest absolute Gasteiger partial charge is 0.481 e. The molecule has 1 aliphatic rings. The normalized spacial score (nSPS) is 18.3. The maximum Gasteiger partial charge on any atom is 0.471 e. The summed E-state index contributed by atoms with van der Waals surface area (Å²) < 4.78 is 37.5. The number of alkyl halides is 3. The van der Waals surface area contributed by atoms with Gasteiger partial charge in [0.25, 0.3) is 0 Å². The Morgan fingerprint density at radius 1 is 1.32 bits per heavy atom. The van der Waals surface area contributed by atoms with Gasteiger partial charge in [-0.1, -0.05) is 24.3 Å². The summed E-state index contributed by atoms with van der Waals surface area (Å²) in [5.41, 5.74) is 1.01. The van der Waals surface area contributed by atoms with Crippen molar-refractivity contribution in [2.45, 2.75) is 25.2 Å². The minimum absolute atomic E-state index is 0.216. The Morgan fingerprint density at radius 3 is 2.53 bits per heavy atom. The van der Waals surface area contributed by atoms with Gasteiger partial charge in [0.05, 0.1) is 12.5 Å². The monoisotopic (exact) mass is 273 g/mol. The van der Waals surface area contributed by atoms with Crippen LogP contribution >= 0.6 is 0 Å². The number of halogens is 3. The Bertz CT molecular complexity index is 527. The van der Waals surface area contributed by atoms with Crippen LogP contribution in [0.3, 0.4) is 0 Å². The van der Waals surface area contributed by atoms with Gasteiger partial charge in [0, 0.05) is 6.54 Å². The van der Waals surface area contributed by atoms with Crippen LogP contribution in [0.2, 0.25) is 0 Å². The zero-order chi connectivity index (χ0) is 14.2. The zero-order valence-corrected chi connectivity index (χ0v) is 9.65. The molecule has 4 nitrogen and oxygen atoms in total. The van der Waals surface area contributed by atoms with Crippen molar-refractivity contribution in [2.75, 3.05) is 0 Å². The molecule has 0 saturated heterocycles. The highest BCUT2D eigenvalue weighted by Crippen LogP contribution is 2.38. The minimum Gasteiger partial charge on any atom is -0.481 e. The van der Waals surface area contributed by atoms with E-state index in [1.807, 2.05) is 0 Å². The molecular weight excluding hydrogens is 263 g/mol. The number of hydrogen-bond donors (Lipinski definition) is 1. The summed E-state index contributed by atoms with van der Waals surface area (Å²) in [5, 5.41) is 8.78. The standard InChI is InChI=1S/C12H10F3NO3/c13-12(14,15)11(19)16-6-7-3-1-2-4-8(7)9(16)5-10(17)18/h1-4,9H,5-6H2,(H,17,18). The Kier molecular flexibility index (Phi) is 3.21. The Hall–Kier alpha value is -2.05. The van der Waals surface area contributed by atoms with Crippen LogP contribution in [0.4, 0.5) is 13.2 Å². The van der Waals surface area contributed by atoms with Gasteiger partial charge in [-0.05, 0) is 11.1 Å². The Morgan fingerprint density at radius 2 is 1.95 bits per heavy atom. The third-order valence-electron chi connectivity index (χ3n) is 3.00. The van der Waals surface area contributed by atoms with Gasteiger partial charge in [-0.3, -0.25) is 9.59 Å². The molecule has 19 heavy (non-hydrogen) atoms. The average molecular weight is 273 g/mol. The van der Waals surface area contributed by atoms with Gasteiger partial charge in [0.1, 0.15) is 0 Å². The molecule has 2 rings (SSSR count). The highest BCUT2D eigenvalue weighted by molar-refractivity contribution is 5.84. The van der Waals surface area contributed by atoms with E-state index in [4.69, 9.17) is 5.11 Å². The molecule has 0 aromatic heterocycles. The van der Waals surface area contributed by atoms with Crippen LogP contribution < -0.4 is 0 Å². The van der Waals surface area contributed by atoms with Crippen LogP contribution in [-0.4, -0.2) is 28.1 Å². The number of carboxylic acids is 1. The second kappa shape index (κ2) is 4.56. The first-order valence-corrected chi connectivity index (χ1v) is 5.48. The van der Waals surface area contributed by atoms with Crippen molar-refractivity contribution in [3.8, 4) is 0 Å². The molecule has 1 aromatic rings. The topological polar surface area (TPSA) is 57.6 Å². The summed E-state index contributed by atoms with van der Waals surface area (Å²) in [5.74, 6) is -3.25. The van der Waals surface area contributed by atoms with E-state index in [1.54, 1.807) is 24.3 Å². The van der Waals surface area contributed by atoms with E-state index in [2.05, 4.69) is 0 Å². The van der Waals surface area contributed by atoms with Crippen molar-refractivity contribution < 1.29 is 27.9 Å². The molecule has 102 valence electrons. The van der Waals surface area contributed by atoms with Crippen LogP contribution in [0, 0.1) is 0 Å². The molecule has 0 saturated carbocycles. The SMILES string of the molecule is O=C(O)CC1c2ccccc2CN1C(=O)C(F)(F)F. The van der Waals surface area contributed by atoms with Gasteiger partial charge in [0.15, 0.2) is 0 Å². The van der Waals surface area contributed by atoms with Crippen molar-refractivity contribution in [3.05, 3.63) is 35.4 Å². The lowest BCUT2D eigenvalue weighted by molar-refractivity contribution is -0.188. The van der Waals surface area contributed by atoms with Crippen molar-refractivity contribution >= 4 is 11.9 Å². The molecule has 7 heteroatoms. The van der Waals surface area contributed by atoms with Gasteiger partial charge in [-0.25, -0.2) is 0 Å². The van der Waals surface area contributed by atoms with Crippen molar-refractivity contribution in [1.82, 2.24) is 4.90 Å². The summed E-state index contributed by atoms with van der Waals surface area (Å²) in [6.07, 6.45) is -5.54. The molecular formula is C12H10F3NO3. The lowest BCUT2D eigenvalue weighted by Gasteiger charge is -2.24. The number of hydrogen-bond acceptors (Lipinski definition) is 2. The maximum atomic E-state index is 12.5. The van der Waals surface area contributed by atoms with Crippen LogP contribution in [0.25, 0.3) is 0 Å². The number of fused-ring (bicyclic) bond motifs is 1. The number of rotatable bonds is 2. The zero-order valence-electron chi connectivity index (χ0n) is 9.65. The van der Waals surface area contributed by atoms with Gasteiger partial charge in [0.2, 0.25) is 0 Å². The molecule has 0 bridgehead atoms. The van der Waals surface area contributed by atoms with Crippen molar-refractivity contribution in [1.29, 1.82) is 0 Å². The van der Waals surface area contributed by atoms with Crippen LogP contribution in [0.1, 0.15) is 23.6 Å². The summed E-state index contributed by atoms with van der Waals surface area (Å²) >= 11 is 0. The fourth-order valence-corrected chi connectivity index (χ4v) is 2.23. The fourth-order valence-electron chi connectivity index (χ4n) is 2.23. The number of nitrogens with zero attached hydrogens (tertiary/aromatic N) is 1. The number of aliphatic carboxylic acids is 1. The van der Waals surface area contributed by atoms with E-state index < -0.39 is 30.5 Å². The molecule has 0 aliphatic carbocycles. The average Bonchev–Trinajstić information content (AvgIpc) is 2.65. The second-order valence-corrected chi connectivity index (χ2v) is 4.24. The summed E-state index contributed by atoms with van der Waals surface area (Å²) in [6.45, 7) is -0.216. The molecule has 1 aliphatic heterocycles. The second-order valence-electron chi connectivity index (χ2n) is 4.24. The van der Waals surface area contributed by atoms with Gasteiger partial charge in [-0.15, -0.1) is 0 Å². The predicted molar refractivity (Wildman–Crippen MR) is 58.0 cm³/mol. The van der Waals surface area contributed by atoms with E-state index in [-0.39, 0.29) is 6.54 Å². The van der Waals surface area contributed by atoms with Crippen LogP contribution in [0.5, 0.6) is 0 Å².